The highest BCUT2D eigenvalue weighted by atomic mass is 16.5. The molecule has 0 bridgehead atoms. The van der Waals surface area contributed by atoms with Gasteiger partial charge in [-0.25, -0.2) is 0 Å². The van der Waals surface area contributed by atoms with Crippen molar-refractivity contribution in [3.05, 3.63) is 140 Å². The second-order valence-electron chi connectivity index (χ2n) is 12.8. The third-order valence-electron chi connectivity index (χ3n) is 8.84. The van der Waals surface area contributed by atoms with Crippen LogP contribution in [0.1, 0.15) is 43.2 Å². The Labute approximate surface area is 306 Å². The lowest BCUT2D eigenvalue weighted by Crippen LogP contribution is -2.50. The van der Waals surface area contributed by atoms with Crippen LogP contribution in [0.15, 0.2) is 128 Å². The van der Waals surface area contributed by atoms with Crippen molar-refractivity contribution in [1.29, 1.82) is 0 Å². The van der Waals surface area contributed by atoms with Crippen molar-refractivity contribution in [2.45, 2.75) is 51.1 Å². The minimum absolute atomic E-state index is 0.0971. The number of benzene rings is 4. The highest BCUT2D eigenvalue weighted by Gasteiger charge is 2.30. The Morgan fingerprint density at radius 2 is 1.46 bits per heavy atom. The Morgan fingerprint density at radius 1 is 0.788 bits per heavy atom. The molecule has 4 aromatic rings. The molecule has 52 heavy (non-hydrogen) atoms. The summed E-state index contributed by atoms with van der Waals surface area (Å²) in [4.78, 5) is 56.2. The van der Waals surface area contributed by atoms with E-state index in [-0.39, 0.29) is 38.4 Å². The molecule has 3 atom stereocenters. The molecule has 0 spiro atoms. The predicted molar refractivity (Wildman–Crippen MR) is 205 cm³/mol. The zero-order chi connectivity index (χ0) is 37.1. The lowest BCUT2D eigenvalue weighted by molar-refractivity contribution is -0.151. The average Bonchev–Trinajstić information content (AvgIpc) is 3.16. The largest absolute Gasteiger partial charge is 0.463 e. The van der Waals surface area contributed by atoms with E-state index in [0.29, 0.717) is 18.5 Å². The van der Waals surface area contributed by atoms with Gasteiger partial charge >= 0.3 is 5.97 Å². The van der Waals surface area contributed by atoms with Crippen molar-refractivity contribution in [3.8, 4) is 0 Å². The van der Waals surface area contributed by atoms with Gasteiger partial charge in [-0.3, -0.25) is 19.2 Å². The van der Waals surface area contributed by atoms with E-state index in [2.05, 4.69) is 23.8 Å². The number of esters is 1. The van der Waals surface area contributed by atoms with Gasteiger partial charge in [-0.05, 0) is 66.1 Å². The van der Waals surface area contributed by atoms with Gasteiger partial charge in [-0.15, -0.1) is 13.2 Å². The standard InChI is InChI=1S/C43H49N3O6/c1-3-5-8-22-37(27-32-16-9-6-10-17-32)43(51)52-31-39(42(50)44-38-24-23-34-20-13-14-21-35(34)28-38)45-41(49)36(15-4-2)29-40(48)46(25-26-47)30-33-18-11-7-12-19-33/h3-4,6-7,9-14,16-21,23-24,28,36-37,39,47H,1-2,5,8,15,22,25-27,29-31H2,(H,44,50)(H,45,49)/t36-,37-,39+/m1/s1. The quantitative estimate of drug-likeness (QED) is 0.0509. The molecule has 9 nitrogen and oxygen atoms in total. The SMILES string of the molecule is C=CCCC[C@H](Cc1ccccc1)C(=O)OC[C@H](NC(=O)[C@H](CC=C)CC(=O)N(CCO)Cc1ccccc1)C(=O)Nc1ccc2ccccc2c1. The Balaban J connectivity index is 1.52. The Morgan fingerprint density at radius 3 is 2.13 bits per heavy atom. The summed E-state index contributed by atoms with van der Waals surface area (Å²) in [6.45, 7) is 7.29. The summed E-state index contributed by atoms with van der Waals surface area (Å²) in [5.74, 6) is -3.25. The number of aliphatic hydroxyl groups excluding tert-OH is 1. The number of nitrogens with one attached hydrogen (secondary N) is 2. The van der Waals surface area contributed by atoms with Crippen LogP contribution in [0.3, 0.4) is 0 Å². The number of hydrogen-bond acceptors (Lipinski definition) is 6. The molecular weight excluding hydrogens is 654 g/mol. The number of carbonyl (C=O) groups is 4. The van der Waals surface area contributed by atoms with Crippen LogP contribution in [-0.4, -0.2) is 59.5 Å². The summed E-state index contributed by atoms with van der Waals surface area (Å²) in [7, 11) is 0. The number of hydrogen-bond donors (Lipinski definition) is 3. The lowest BCUT2D eigenvalue weighted by Gasteiger charge is -2.26. The first kappa shape index (κ1) is 39.2. The van der Waals surface area contributed by atoms with Gasteiger partial charge in [0.1, 0.15) is 12.6 Å². The molecule has 9 heteroatoms. The summed E-state index contributed by atoms with van der Waals surface area (Å²) in [5.41, 5.74) is 2.39. The van der Waals surface area contributed by atoms with Gasteiger partial charge in [-0.2, -0.15) is 0 Å². The first-order valence-electron chi connectivity index (χ1n) is 17.8. The molecular formula is C43H49N3O6. The number of allylic oxidation sites excluding steroid dienone is 2. The minimum atomic E-state index is -1.26. The van der Waals surface area contributed by atoms with Crippen molar-refractivity contribution < 1.29 is 29.0 Å². The van der Waals surface area contributed by atoms with Crippen LogP contribution in [-0.2, 0) is 36.9 Å². The summed E-state index contributed by atoms with van der Waals surface area (Å²) >= 11 is 0. The topological polar surface area (TPSA) is 125 Å². The van der Waals surface area contributed by atoms with Crippen LogP contribution in [0.2, 0.25) is 0 Å². The zero-order valence-corrected chi connectivity index (χ0v) is 29.6. The number of aliphatic hydroxyl groups is 1. The van der Waals surface area contributed by atoms with Gasteiger partial charge < -0.3 is 25.4 Å². The van der Waals surface area contributed by atoms with Gasteiger partial charge in [0.15, 0.2) is 0 Å². The Hall–Kier alpha value is -5.54. The van der Waals surface area contributed by atoms with Crippen molar-refractivity contribution in [2.24, 2.45) is 11.8 Å². The van der Waals surface area contributed by atoms with Crippen molar-refractivity contribution in [3.63, 3.8) is 0 Å². The van der Waals surface area contributed by atoms with E-state index >= 15 is 0 Å². The molecule has 0 aliphatic rings. The minimum Gasteiger partial charge on any atom is -0.463 e. The third-order valence-corrected chi connectivity index (χ3v) is 8.84. The zero-order valence-electron chi connectivity index (χ0n) is 29.6. The molecule has 0 heterocycles. The number of ether oxygens (including phenoxy) is 1. The first-order valence-corrected chi connectivity index (χ1v) is 17.8. The van der Waals surface area contributed by atoms with Gasteiger partial charge in [0.05, 0.1) is 18.4 Å². The maximum atomic E-state index is 13.8. The fourth-order valence-electron chi connectivity index (χ4n) is 6.00. The smallest absolute Gasteiger partial charge is 0.309 e. The average molecular weight is 704 g/mol. The fraction of sp³-hybridized carbons (Fsp3) is 0.302. The normalized spacial score (nSPS) is 12.6. The van der Waals surface area contributed by atoms with Crippen LogP contribution in [0.25, 0.3) is 10.8 Å². The highest BCUT2D eigenvalue weighted by molar-refractivity contribution is 5.99. The molecule has 3 N–H and O–H groups in total. The Kier molecular flexibility index (Phi) is 15.8. The summed E-state index contributed by atoms with van der Waals surface area (Å²) in [6.07, 6.45) is 5.87. The molecule has 0 aliphatic carbocycles. The molecule has 4 rings (SSSR count). The molecule has 0 radical (unpaired) electrons. The molecule has 3 amide bonds. The predicted octanol–water partition coefficient (Wildman–Crippen LogP) is 6.63. The number of fused-ring (bicyclic) bond motifs is 1. The maximum Gasteiger partial charge on any atom is 0.309 e. The van der Waals surface area contributed by atoms with E-state index in [1.54, 1.807) is 12.1 Å². The van der Waals surface area contributed by atoms with E-state index in [9.17, 15) is 24.3 Å². The van der Waals surface area contributed by atoms with Gasteiger partial charge in [0, 0.05) is 25.2 Å². The molecule has 0 saturated carbocycles. The number of rotatable bonds is 21. The summed E-state index contributed by atoms with van der Waals surface area (Å²) in [6, 6.07) is 31.0. The first-order chi connectivity index (χ1) is 25.3. The monoisotopic (exact) mass is 703 g/mol. The summed E-state index contributed by atoms with van der Waals surface area (Å²) in [5, 5.41) is 17.2. The van der Waals surface area contributed by atoms with Crippen LogP contribution < -0.4 is 10.6 Å². The van der Waals surface area contributed by atoms with E-state index in [1.807, 2.05) is 103 Å². The highest BCUT2D eigenvalue weighted by Crippen LogP contribution is 2.21. The lowest BCUT2D eigenvalue weighted by atomic mass is 9.94. The number of carbonyl (C=O) groups excluding carboxylic acids is 4. The molecule has 0 fully saturated rings. The van der Waals surface area contributed by atoms with Crippen LogP contribution in [0, 0.1) is 11.8 Å². The van der Waals surface area contributed by atoms with E-state index in [4.69, 9.17) is 4.74 Å². The van der Waals surface area contributed by atoms with Crippen molar-refractivity contribution in [2.75, 3.05) is 25.1 Å². The number of amides is 3. The number of nitrogens with zero attached hydrogens (tertiary/aromatic N) is 1. The third kappa shape index (κ3) is 12.3. The van der Waals surface area contributed by atoms with Crippen molar-refractivity contribution >= 4 is 40.2 Å². The molecule has 0 aromatic heterocycles. The second-order valence-corrected chi connectivity index (χ2v) is 12.8. The van der Waals surface area contributed by atoms with Gasteiger partial charge in [0.25, 0.3) is 5.91 Å². The molecule has 0 aliphatic heterocycles. The second kappa shape index (κ2) is 21.0. The van der Waals surface area contributed by atoms with Gasteiger partial charge in [-0.1, -0.05) is 103 Å². The summed E-state index contributed by atoms with van der Waals surface area (Å²) < 4.78 is 5.79. The number of anilines is 1. The number of unbranched alkanes of at least 4 members (excludes halogenated alkanes) is 1. The molecule has 272 valence electrons. The maximum absolute atomic E-state index is 13.8. The van der Waals surface area contributed by atoms with Crippen molar-refractivity contribution in [1.82, 2.24) is 10.2 Å². The van der Waals surface area contributed by atoms with E-state index in [0.717, 1.165) is 34.7 Å². The van der Waals surface area contributed by atoms with Crippen LogP contribution in [0.5, 0.6) is 0 Å². The van der Waals surface area contributed by atoms with E-state index in [1.165, 1.54) is 4.90 Å². The molecule has 0 unspecified atom stereocenters. The van der Waals surface area contributed by atoms with E-state index < -0.39 is 42.3 Å². The molecule has 4 aromatic carbocycles. The van der Waals surface area contributed by atoms with Crippen LogP contribution >= 0.6 is 0 Å². The van der Waals surface area contributed by atoms with Gasteiger partial charge in [0.2, 0.25) is 11.8 Å². The Bertz CT molecular complexity index is 1780. The fourth-order valence-corrected chi connectivity index (χ4v) is 6.00. The molecule has 0 saturated heterocycles. The van der Waals surface area contributed by atoms with Crippen LogP contribution in [0.4, 0.5) is 5.69 Å².